The Hall–Kier alpha value is -4.54. The molecule has 35 heavy (non-hydrogen) atoms. The third-order valence-corrected chi connectivity index (χ3v) is 5.20. The molecule has 1 amide bonds. The summed E-state index contributed by atoms with van der Waals surface area (Å²) < 4.78 is 23.2. The summed E-state index contributed by atoms with van der Waals surface area (Å²) in [6.07, 6.45) is 0. The third-order valence-electron chi connectivity index (χ3n) is 5.20. The van der Waals surface area contributed by atoms with Gasteiger partial charge >= 0.3 is 0 Å². The van der Waals surface area contributed by atoms with E-state index in [9.17, 15) is 4.79 Å². The third kappa shape index (κ3) is 5.18. The molecular weight excluding hydrogens is 452 g/mol. The number of nitrogens with one attached hydrogen (secondary N) is 1. The van der Waals surface area contributed by atoms with Gasteiger partial charge in [-0.15, -0.1) is 5.10 Å². The minimum atomic E-state index is -0.518. The molecule has 0 saturated heterocycles. The molecule has 4 aromatic rings. The second-order valence-corrected chi connectivity index (χ2v) is 7.52. The van der Waals surface area contributed by atoms with E-state index in [-0.39, 0.29) is 18.1 Å². The van der Waals surface area contributed by atoms with Gasteiger partial charge in [-0.25, -0.2) is 9.67 Å². The molecule has 4 rings (SSSR count). The van der Waals surface area contributed by atoms with E-state index in [2.05, 4.69) is 20.6 Å². The molecule has 0 atom stereocenters. The number of rotatable bonds is 9. The molecule has 2 heterocycles. The van der Waals surface area contributed by atoms with Crippen LogP contribution >= 0.6 is 0 Å². The van der Waals surface area contributed by atoms with E-state index in [1.807, 2.05) is 31.2 Å². The molecule has 11 nitrogen and oxygen atoms in total. The fourth-order valence-electron chi connectivity index (χ4n) is 3.37. The Balaban J connectivity index is 1.50. The number of ether oxygens (including phenoxy) is 3. The van der Waals surface area contributed by atoms with Gasteiger partial charge in [0, 0.05) is 29.4 Å². The average Bonchev–Trinajstić information content (AvgIpc) is 3.41. The number of benzene rings is 2. The monoisotopic (exact) mass is 478 g/mol. The molecule has 0 spiro atoms. The summed E-state index contributed by atoms with van der Waals surface area (Å²) in [7, 11) is 3.05. The van der Waals surface area contributed by atoms with Gasteiger partial charge < -0.3 is 29.7 Å². The van der Waals surface area contributed by atoms with Crippen LogP contribution in [0.15, 0.2) is 46.9 Å². The van der Waals surface area contributed by atoms with Crippen molar-refractivity contribution in [1.82, 2.24) is 20.0 Å². The quantitative estimate of drug-likeness (QED) is 0.370. The van der Waals surface area contributed by atoms with Crippen LogP contribution in [-0.2, 0) is 6.54 Å². The number of nitrogens with two attached hydrogens (primary N) is 1. The maximum atomic E-state index is 12.8. The van der Waals surface area contributed by atoms with E-state index in [1.165, 1.54) is 18.9 Å². The molecule has 11 heteroatoms. The highest BCUT2D eigenvalue weighted by atomic mass is 16.5. The number of aryl methyl sites for hydroxylation is 1. The highest BCUT2D eigenvalue weighted by molar-refractivity contribution is 6.05. The Bertz CT molecular complexity index is 1310. The van der Waals surface area contributed by atoms with E-state index in [4.69, 9.17) is 24.4 Å². The fourth-order valence-corrected chi connectivity index (χ4v) is 3.37. The van der Waals surface area contributed by atoms with Crippen LogP contribution in [-0.4, -0.2) is 46.7 Å². The second-order valence-electron chi connectivity index (χ2n) is 7.52. The van der Waals surface area contributed by atoms with Gasteiger partial charge in [-0.1, -0.05) is 5.21 Å². The van der Waals surface area contributed by atoms with Gasteiger partial charge in [0.05, 0.1) is 27.4 Å². The molecule has 0 bridgehead atoms. The van der Waals surface area contributed by atoms with Gasteiger partial charge in [0.1, 0.15) is 28.7 Å². The zero-order valence-corrected chi connectivity index (χ0v) is 19.9. The first kappa shape index (κ1) is 23.6. The number of aromatic nitrogens is 4. The maximum absolute atomic E-state index is 12.8. The zero-order chi connectivity index (χ0) is 24.9. The Morgan fingerprint density at radius 2 is 1.77 bits per heavy atom. The molecule has 0 fully saturated rings. The normalized spacial score (nSPS) is 10.7. The lowest BCUT2D eigenvalue weighted by Crippen LogP contribution is -2.15. The van der Waals surface area contributed by atoms with Gasteiger partial charge in [0.25, 0.3) is 5.91 Å². The van der Waals surface area contributed by atoms with Crippen molar-refractivity contribution in [2.45, 2.75) is 20.4 Å². The van der Waals surface area contributed by atoms with Crippen molar-refractivity contribution in [2.24, 2.45) is 0 Å². The molecule has 0 aliphatic heterocycles. The molecular formula is C24H26N6O5. The first-order valence-corrected chi connectivity index (χ1v) is 10.8. The number of hydrogen-bond acceptors (Lipinski definition) is 9. The van der Waals surface area contributed by atoms with Crippen LogP contribution < -0.4 is 25.3 Å². The number of hydrogen-bond donors (Lipinski definition) is 2. The van der Waals surface area contributed by atoms with Gasteiger partial charge in [0.15, 0.2) is 11.5 Å². The predicted octanol–water partition coefficient (Wildman–Crippen LogP) is 3.54. The minimum Gasteiger partial charge on any atom is -0.497 e. The molecule has 0 radical (unpaired) electrons. The average molecular weight is 479 g/mol. The minimum absolute atomic E-state index is 0.0142. The van der Waals surface area contributed by atoms with Crippen LogP contribution in [0.4, 0.5) is 11.5 Å². The summed E-state index contributed by atoms with van der Waals surface area (Å²) in [5, 5.41) is 10.7. The Morgan fingerprint density at radius 1 is 1.09 bits per heavy atom. The molecule has 2 aromatic heterocycles. The SMILES string of the molecule is CCOc1ccc(-c2nc(Cn3nnc(C(=O)Nc4cc(OC)cc(OC)c4)c3N)c(C)o2)cc1. The van der Waals surface area contributed by atoms with Crippen LogP contribution in [0.3, 0.4) is 0 Å². The predicted molar refractivity (Wildman–Crippen MR) is 129 cm³/mol. The Kier molecular flexibility index (Phi) is 6.86. The number of methoxy groups -OCH3 is 2. The smallest absolute Gasteiger partial charge is 0.280 e. The van der Waals surface area contributed by atoms with Crippen molar-refractivity contribution in [2.75, 3.05) is 31.9 Å². The molecule has 2 aromatic carbocycles. The van der Waals surface area contributed by atoms with Crippen LogP contribution in [0.5, 0.6) is 17.2 Å². The largest absolute Gasteiger partial charge is 0.497 e. The number of amides is 1. The molecule has 0 unspecified atom stereocenters. The lowest BCUT2D eigenvalue weighted by molar-refractivity contribution is 0.102. The highest BCUT2D eigenvalue weighted by Gasteiger charge is 2.20. The van der Waals surface area contributed by atoms with E-state index in [0.29, 0.717) is 41.1 Å². The van der Waals surface area contributed by atoms with Crippen LogP contribution in [0, 0.1) is 6.92 Å². The van der Waals surface area contributed by atoms with Crippen molar-refractivity contribution in [1.29, 1.82) is 0 Å². The van der Waals surface area contributed by atoms with Crippen molar-refractivity contribution < 1.29 is 23.4 Å². The lowest BCUT2D eigenvalue weighted by Gasteiger charge is -2.09. The summed E-state index contributed by atoms with van der Waals surface area (Å²) in [4.78, 5) is 17.4. The summed E-state index contributed by atoms with van der Waals surface area (Å²) in [5.74, 6) is 2.48. The second kappa shape index (κ2) is 10.2. The standard InChI is InChI=1S/C24H26N6O5/c1-5-34-17-8-6-15(7-9-17)24-27-20(14(2)35-24)13-30-22(25)21(28-29-30)23(31)26-16-10-18(32-3)12-19(11-16)33-4/h6-12H,5,13,25H2,1-4H3,(H,26,31). The van der Waals surface area contributed by atoms with Crippen LogP contribution in [0.25, 0.3) is 11.5 Å². The number of oxazole rings is 1. The van der Waals surface area contributed by atoms with Crippen LogP contribution in [0.2, 0.25) is 0 Å². The summed E-state index contributed by atoms with van der Waals surface area (Å²) >= 11 is 0. The number of anilines is 2. The molecule has 0 aliphatic carbocycles. The molecule has 3 N–H and O–H groups in total. The Morgan fingerprint density at radius 3 is 2.40 bits per heavy atom. The Labute approximate surface area is 201 Å². The fraction of sp³-hybridized carbons (Fsp3) is 0.250. The lowest BCUT2D eigenvalue weighted by atomic mass is 10.2. The first-order valence-electron chi connectivity index (χ1n) is 10.8. The topological polar surface area (TPSA) is 140 Å². The first-order chi connectivity index (χ1) is 16.9. The number of carbonyl (C=O) groups is 1. The van der Waals surface area contributed by atoms with Crippen molar-refractivity contribution in [3.63, 3.8) is 0 Å². The van der Waals surface area contributed by atoms with E-state index in [1.54, 1.807) is 25.1 Å². The van der Waals surface area contributed by atoms with Crippen molar-refractivity contribution in [3.8, 4) is 28.7 Å². The maximum Gasteiger partial charge on any atom is 0.280 e. The van der Waals surface area contributed by atoms with Gasteiger partial charge in [0.2, 0.25) is 5.89 Å². The molecule has 182 valence electrons. The van der Waals surface area contributed by atoms with Crippen molar-refractivity contribution >= 4 is 17.4 Å². The highest BCUT2D eigenvalue weighted by Crippen LogP contribution is 2.27. The van der Waals surface area contributed by atoms with Gasteiger partial charge in [-0.05, 0) is 38.1 Å². The van der Waals surface area contributed by atoms with Gasteiger partial charge in [-0.3, -0.25) is 4.79 Å². The number of carbonyl (C=O) groups excluding carboxylic acids is 1. The van der Waals surface area contributed by atoms with E-state index >= 15 is 0 Å². The number of nitrogen functional groups attached to an aromatic ring is 1. The zero-order valence-electron chi connectivity index (χ0n) is 19.9. The summed E-state index contributed by atoms with van der Waals surface area (Å²) in [5.41, 5.74) is 8.07. The molecule has 0 saturated carbocycles. The number of nitrogens with zero attached hydrogens (tertiary/aromatic N) is 4. The van der Waals surface area contributed by atoms with Gasteiger partial charge in [-0.2, -0.15) is 0 Å². The van der Waals surface area contributed by atoms with Crippen molar-refractivity contribution in [3.05, 3.63) is 59.6 Å². The summed E-state index contributed by atoms with van der Waals surface area (Å²) in [6, 6.07) is 12.5. The van der Waals surface area contributed by atoms with E-state index in [0.717, 1.165) is 11.3 Å². The summed E-state index contributed by atoms with van der Waals surface area (Å²) in [6.45, 7) is 4.51. The van der Waals surface area contributed by atoms with E-state index < -0.39 is 5.91 Å². The molecule has 0 aliphatic rings. The van der Waals surface area contributed by atoms with Crippen LogP contribution in [0.1, 0.15) is 28.9 Å².